The van der Waals surface area contributed by atoms with Crippen LogP contribution in [0.4, 0.5) is 17.1 Å². The molecule has 0 saturated carbocycles. The standard InChI is InChI=1S/C20H18ClN3O7/c1-30-17-9-15(24(28)29)5-6-16(17)23-10-12(7-19(23)26)20(27)31-11-18(25)22-14-4-2-3-13(21)8-14/h2-6,8-9,12H,7,10-11H2,1H3,(H,22,25)/t12-/m0/s1. The van der Waals surface area contributed by atoms with E-state index in [4.69, 9.17) is 21.1 Å². The molecule has 0 aliphatic carbocycles. The number of rotatable bonds is 7. The lowest BCUT2D eigenvalue weighted by Crippen LogP contribution is -2.28. The third-order valence-corrected chi connectivity index (χ3v) is 4.81. The molecule has 10 nitrogen and oxygen atoms in total. The number of hydrogen-bond donors (Lipinski definition) is 1. The molecule has 0 aromatic heterocycles. The molecule has 0 unspecified atom stereocenters. The number of nitro groups is 1. The Kier molecular flexibility index (Phi) is 6.71. The quantitative estimate of drug-likeness (QED) is 0.392. The summed E-state index contributed by atoms with van der Waals surface area (Å²) in [6, 6.07) is 10.3. The van der Waals surface area contributed by atoms with Crippen LogP contribution >= 0.6 is 11.6 Å². The number of esters is 1. The number of halogens is 1. The minimum absolute atomic E-state index is 0.00174. The molecule has 3 rings (SSSR count). The highest BCUT2D eigenvalue weighted by Gasteiger charge is 2.37. The van der Waals surface area contributed by atoms with Gasteiger partial charge >= 0.3 is 5.97 Å². The summed E-state index contributed by atoms with van der Waals surface area (Å²) in [5.74, 6) is -2.26. The molecule has 1 aliphatic rings. The molecule has 11 heteroatoms. The summed E-state index contributed by atoms with van der Waals surface area (Å²) in [6.45, 7) is -0.515. The first-order valence-corrected chi connectivity index (χ1v) is 9.51. The Bertz CT molecular complexity index is 1040. The van der Waals surface area contributed by atoms with E-state index in [0.29, 0.717) is 16.4 Å². The van der Waals surface area contributed by atoms with E-state index in [1.165, 1.54) is 30.2 Å². The van der Waals surface area contributed by atoms with Crippen LogP contribution in [0.5, 0.6) is 5.75 Å². The Hall–Kier alpha value is -3.66. The number of non-ortho nitro benzene ring substituents is 1. The van der Waals surface area contributed by atoms with Crippen LogP contribution in [-0.2, 0) is 19.1 Å². The molecule has 2 aromatic carbocycles. The molecule has 162 valence electrons. The van der Waals surface area contributed by atoms with Crippen LogP contribution in [0.2, 0.25) is 5.02 Å². The monoisotopic (exact) mass is 447 g/mol. The Morgan fingerprint density at radius 3 is 2.74 bits per heavy atom. The SMILES string of the molecule is COc1cc([N+](=O)[O-])ccc1N1C[C@@H](C(=O)OCC(=O)Nc2cccc(Cl)c2)CC1=O. The predicted molar refractivity (Wildman–Crippen MR) is 111 cm³/mol. The van der Waals surface area contributed by atoms with Gasteiger partial charge in [0.2, 0.25) is 5.91 Å². The first kappa shape index (κ1) is 22.0. The zero-order valence-electron chi connectivity index (χ0n) is 16.4. The number of carbonyl (C=O) groups is 3. The van der Waals surface area contributed by atoms with Gasteiger partial charge in [-0.2, -0.15) is 0 Å². The van der Waals surface area contributed by atoms with Crippen LogP contribution in [0.3, 0.4) is 0 Å². The lowest BCUT2D eigenvalue weighted by atomic mass is 10.1. The highest BCUT2D eigenvalue weighted by molar-refractivity contribution is 6.30. The van der Waals surface area contributed by atoms with E-state index in [-0.39, 0.29) is 30.3 Å². The van der Waals surface area contributed by atoms with Gasteiger partial charge in [-0.3, -0.25) is 24.5 Å². The van der Waals surface area contributed by atoms with E-state index in [1.54, 1.807) is 24.3 Å². The topological polar surface area (TPSA) is 128 Å². The van der Waals surface area contributed by atoms with Crippen molar-refractivity contribution < 1.29 is 28.8 Å². The molecule has 0 spiro atoms. The van der Waals surface area contributed by atoms with Crippen molar-refractivity contribution in [2.75, 3.05) is 30.5 Å². The minimum Gasteiger partial charge on any atom is -0.494 e. The first-order chi connectivity index (χ1) is 14.8. The second-order valence-electron chi connectivity index (χ2n) is 6.68. The molecule has 1 N–H and O–H groups in total. The highest BCUT2D eigenvalue weighted by Crippen LogP contribution is 2.36. The maximum Gasteiger partial charge on any atom is 0.311 e. The Morgan fingerprint density at radius 1 is 1.29 bits per heavy atom. The zero-order valence-corrected chi connectivity index (χ0v) is 17.1. The molecule has 0 bridgehead atoms. The number of carbonyl (C=O) groups excluding carboxylic acids is 3. The Morgan fingerprint density at radius 2 is 2.06 bits per heavy atom. The van der Waals surface area contributed by atoms with Crippen molar-refractivity contribution in [3.63, 3.8) is 0 Å². The molecule has 1 atom stereocenters. The molecule has 1 aliphatic heterocycles. The van der Waals surface area contributed by atoms with E-state index < -0.39 is 29.3 Å². The third kappa shape index (κ3) is 5.28. The highest BCUT2D eigenvalue weighted by atomic mass is 35.5. The van der Waals surface area contributed by atoms with Crippen molar-refractivity contribution in [2.45, 2.75) is 6.42 Å². The summed E-state index contributed by atoms with van der Waals surface area (Å²) < 4.78 is 10.2. The van der Waals surface area contributed by atoms with Gasteiger partial charge in [-0.25, -0.2) is 0 Å². The van der Waals surface area contributed by atoms with Gasteiger partial charge in [-0.15, -0.1) is 0 Å². The van der Waals surface area contributed by atoms with Crippen LogP contribution in [0.1, 0.15) is 6.42 Å². The number of nitrogens with one attached hydrogen (secondary N) is 1. The van der Waals surface area contributed by atoms with E-state index >= 15 is 0 Å². The van der Waals surface area contributed by atoms with Gasteiger partial charge in [0.15, 0.2) is 6.61 Å². The normalized spacial score (nSPS) is 15.5. The van der Waals surface area contributed by atoms with Gasteiger partial charge in [0.1, 0.15) is 5.75 Å². The Balaban J connectivity index is 1.60. The van der Waals surface area contributed by atoms with Crippen molar-refractivity contribution in [1.82, 2.24) is 0 Å². The van der Waals surface area contributed by atoms with Gasteiger partial charge in [0.25, 0.3) is 11.6 Å². The van der Waals surface area contributed by atoms with Crippen LogP contribution in [0.15, 0.2) is 42.5 Å². The number of benzene rings is 2. The maximum atomic E-state index is 12.4. The number of methoxy groups -OCH3 is 1. The van der Waals surface area contributed by atoms with Crippen molar-refractivity contribution in [3.8, 4) is 5.75 Å². The van der Waals surface area contributed by atoms with E-state index in [0.717, 1.165) is 0 Å². The van der Waals surface area contributed by atoms with Crippen molar-refractivity contribution in [2.24, 2.45) is 5.92 Å². The maximum absolute atomic E-state index is 12.4. The summed E-state index contributed by atoms with van der Waals surface area (Å²) in [4.78, 5) is 48.4. The minimum atomic E-state index is -0.786. The lowest BCUT2D eigenvalue weighted by molar-refractivity contribution is -0.384. The Labute approximate surface area is 181 Å². The summed E-state index contributed by atoms with van der Waals surface area (Å²) in [5.41, 5.74) is 0.585. The fourth-order valence-electron chi connectivity index (χ4n) is 3.12. The third-order valence-electron chi connectivity index (χ3n) is 4.58. The fraction of sp³-hybridized carbons (Fsp3) is 0.250. The van der Waals surface area contributed by atoms with Crippen LogP contribution in [0, 0.1) is 16.0 Å². The van der Waals surface area contributed by atoms with Gasteiger partial charge in [0, 0.05) is 29.7 Å². The molecular weight excluding hydrogens is 430 g/mol. The van der Waals surface area contributed by atoms with Gasteiger partial charge < -0.3 is 19.7 Å². The van der Waals surface area contributed by atoms with Crippen molar-refractivity contribution in [1.29, 1.82) is 0 Å². The van der Waals surface area contributed by atoms with Crippen molar-refractivity contribution in [3.05, 3.63) is 57.6 Å². The van der Waals surface area contributed by atoms with Crippen molar-refractivity contribution >= 4 is 46.4 Å². The predicted octanol–water partition coefficient (Wildman–Crippen LogP) is 2.79. The molecule has 1 saturated heterocycles. The molecule has 2 amide bonds. The number of amides is 2. The summed E-state index contributed by atoms with van der Waals surface area (Å²) in [7, 11) is 1.33. The van der Waals surface area contributed by atoms with Gasteiger partial charge in [-0.1, -0.05) is 17.7 Å². The molecule has 31 heavy (non-hydrogen) atoms. The zero-order chi connectivity index (χ0) is 22.5. The number of ether oxygens (including phenoxy) is 2. The largest absolute Gasteiger partial charge is 0.494 e. The first-order valence-electron chi connectivity index (χ1n) is 9.13. The number of anilines is 2. The molecule has 0 radical (unpaired) electrons. The average molecular weight is 448 g/mol. The smallest absolute Gasteiger partial charge is 0.311 e. The molecule has 1 fully saturated rings. The fourth-order valence-corrected chi connectivity index (χ4v) is 3.31. The summed E-state index contributed by atoms with van der Waals surface area (Å²) in [6.07, 6.45) is -0.116. The van der Waals surface area contributed by atoms with Gasteiger partial charge in [0.05, 0.1) is 29.7 Å². The molecule has 1 heterocycles. The second-order valence-corrected chi connectivity index (χ2v) is 7.12. The number of nitro benzene ring substituents is 1. The van der Waals surface area contributed by atoms with E-state index in [9.17, 15) is 24.5 Å². The lowest BCUT2D eigenvalue weighted by Gasteiger charge is -2.19. The van der Waals surface area contributed by atoms with Crippen LogP contribution < -0.4 is 15.0 Å². The number of hydrogen-bond acceptors (Lipinski definition) is 7. The van der Waals surface area contributed by atoms with E-state index in [1.807, 2.05) is 0 Å². The van der Waals surface area contributed by atoms with E-state index in [2.05, 4.69) is 5.32 Å². The molecule has 2 aromatic rings. The summed E-state index contributed by atoms with van der Waals surface area (Å²) in [5, 5.41) is 13.9. The van der Waals surface area contributed by atoms with Gasteiger partial charge in [-0.05, 0) is 24.3 Å². The second kappa shape index (κ2) is 9.43. The van der Waals surface area contributed by atoms with Crippen LogP contribution in [0.25, 0.3) is 0 Å². The average Bonchev–Trinajstić information content (AvgIpc) is 3.13. The molecular formula is C20H18ClN3O7. The number of nitrogens with zero attached hydrogens (tertiary/aromatic N) is 2. The summed E-state index contributed by atoms with van der Waals surface area (Å²) >= 11 is 5.85. The van der Waals surface area contributed by atoms with Crippen LogP contribution in [-0.4, -0.2) is 43.0 Å².